The van der Waals surface area contributed by atoms with Crippen LogP contribution < -0.4 is 11.2 Å². The van der Waals surface area contributed by atoms with E-state index in [0.717, 1.165) is 16.8 Å². The minimum Gasteiger partial charge on any atom is -0.327 e. The third kappa shape index (κ3) is 3.88. The number of hydrogen-bond acceptors (Lipinski definition) is 5. The molecule has 1 aromatic rings. The Bertz CT molecular complexity index is 793. The molecule has 0 bridgehead atoms. The van der Waals surface area contributed by atoms with Crippen molar-refractivity contribution in [1.82, 2.24) is 10.4 Å². The third-order valence-electron chi connectivity index (χ3n) is 4.41. The molecule has 138 valence electrons. The summed E-state index contributed by atoms with van der Waals surface area (Å²) in [4.78, 5) is 13.1. The van der Waals surface area contributed by atoms with E-state index in [-0.39, 0.29) is 17.3 Å². The highest BCUT2D eigenvalue weighted by atomic mass is 32.2. The zero-order chi connectivity index (χ0) is 19.0. The standard InChI is InChI=1S/C18H27N3O3S/c1-12(2)11-21-17(22)18(3,4)15(10-19)16(20-21)13-6-8-14(9-7-13)25(5,23)24/h6-9,12,20H,10-11,19H2,1-5H3. The van der Waals surface area contributed by atoms with E-state index in [1.54, 1.807) is 29.3 Å². The van der Waals surface area contributed by atoms with Gasteiger partial charge in [-0.3, -0.25) is 15.2 Å². The van der Waals surface area contributed by atoms with E-state index in [2.05, 4.69) is 5.43 Å². The lowest BCUT2D eigenvalue weighted by molar-refractivity contribution is -0.142. The van der Waals surface area contributed by atoms with Crippen molar-refractivity contribution >= 4 is 21.4 Å². The van der Waals surface area contributed by atoms with Gasteiger partial charge in [-0.05, 0) is 43.0 Å². The Morgan fingerprint density at radius 3 is 2.20 bits per heavy atom. The van der Waals surface area contributed by atoms with E-state index < -0.39 is 15.3 Å². The minimum absolute atomic E-state index is 0.0156. The number of hydrogen-bond donors (Lipinski definition) is 2. The van der Waals surface area contributed by atoms with Crippen LogP contribution in [-0.4, -0.2) is 38.7 Å². The summed E-state index contributed by atoms with van der Waals surface area (Å²) in [6.07, 6.45) is 1.18. The van der Waals surface area contributed by atoms with Crippen molar-refractivity contribution in [3.8, 4) is 0 Å². The number of benzene rings is 1. The van der Waals surface area contributed by atoms with E-state index in [4.69, 9.17) is 5.73 Å². The molecule has 1 aliphatic rings. The third-order valence-corrected chi connectivity index (χ3v) is 5.53. The zero-order valence-corrected chi connectivity index (χ0v) is 16.3. The molecule has 1 amide bonds. The fraction of sp³-hybridized carbons (Fsp3) is 0.500. The summed E-state index contributed by atoms with van der Waals surface area (Å²) in [5.74, 6) is 0.290. The van der Waals surface area contributed by atoms with E-state index >= 15 is 0 Å². The van der Waals surface area contributed by atoms with Crippen LogP contribution in [0.15, 0.2) is 34.7 Å². The summed E-state index contributed by atoms with van der Waals surface area (Å²) in [6, 6.07) is 6.63. The molecule has 0 aromatic heterocycles. The molecule has 0 atom stereocenters. The number of sulfone groups is 1. The molecular weight excluding hydrogens is 338 g/mol. The van der Waals surface area contributed by atoms with Gasteiger partial charge in [0.1, 0.15) is 0 Å². The molecule has 0 saturated heterocycles. The van der Waals surface area contributed by atoms with Crippen LogP contribution in [0.4, 0.5) is 0 Å². The average Bonchev–Trinajstić information content (AvgIpc) is 2.50. The van der Waals surface area contributed by atoms with Crippen LogP contribution in [0.5, 0.6) is 0 Å². The van der Waals surface area contributed by atoms with E-state index in [9.17, 15) is 13.2 Å². The summed E-state index contributed by atoms with van der Waals surface area (Å²) in [7, 11) is -3.25. The van der Waals surface area contributed by atoms with Crippen molar-refractivity contribution in [2.75, 3.05) is 19.3 Å². The summed E-state index contributed by atoms with van der Waals surface area (Å²) < 4.78 is 23.3. The molecule has 0 aliphatic carbocycles. The summed E-state index contributed by atoms with van der Waals surface area (Å²) in [6.45, 7) is 8.65. The first-order valence-corrected chi connectivity index (χ1v) is 10.2. The van der Waals surface area contributed by atoms with Crippen LogP contribution in [0, 0.1) is 11.3 Å². The monoisotopic (exact) mass is 365 g/mol. The van der Waals surface area contributed by atoms with Crippen LogP contribution in [-0.2, 0) is 14.6 Å². The molecule has 0 unspecified atom stereocenters. The van der Waals surface area contributed by atoms with Crippen molar-refractivity contribution in [3.05, 3.63) is 35.4 Å². The van der Waals surface area contributed by atoms with Crippen molar-refractivity contribution in [2.45, 2.75) is 32.6 Å². The molecule has 0 spiro atoms. The van der Waals surface area contributed by atoms with Gasteiger partial charge >= 0.3 is 0 Å². The highest BCUT2D eigenvalue weighted by molar-refractivity contribution is 7.90. The first-order valence-electron chi connectivity index (χ1n) is 8.31. The largest absolute Gasteiger partial charge is 0.327 e. The van der Waals surface area contributed by atoms with Gasteiger partial charge in [-0.1, -0.05) is 26.0 Å². The van der Waals surface area contributed by atoms with Gasteiger partial charge in [0.15, 0.2) is 9.84 Å². The Morgan fingerprint density at radius 1 is 1.20 bits per heavy atom. The van der Waals surface area contributed by atoms with Gasteiger partial charge in [0.05, 0.1) is 16.0 Å². The molecular formula is C18H27N3O3S. The van der Waals surface area contributed by atoms with E-state index in [0.29, 0.717) is 12.5 Å². The minimum atomic E-state index is -3.25. The lowest BCUT2D eigenvalue weighted by atomic mass is 9.79. The molecule has 7 heteroatoms. The maximum absolute atomic E-state index is 12.8. The first kappa shape index (κ1) is 19.5. The Morgan fingerprint density at radius 2 is 1.76 bits per heavy atom. The topological polar surface area (TPSA) is 92.5 Å². The predicted molar refractivity (Wildman–Crippen MR) is 99.0 cm³/mol. The van der Waals surface area contributed by atoms with Crippen LogP contribution in [0.3, 0.4) is 0 Å². The number of hydrazine groups is 1. The number of nitrogens with zero attached hydrogens (tertiary/aromatic N) is 1. The Hall–Kier alpha value is -1.86. The van der Waals surface area contributed by atoms with Gasteiger partial charge in [-0.2, -0.15) is 0 Å². The van der Waals surface area contributed by atoms with Gasteiger partial charge in [0.2, 0.25) is 0 Å². The fourth-order valence-electron chi connectivity index (χ4n) is 2.99. The summed E-state index contributed by atoms with van der Waals surface area (Å²) in [5.41, 5.74) is 10.8. The molecule has 0 radical (unpaired) electrons. The van der Waals surface area contributed by atoms with E-state index in [1.165, 1.54) is 6.26 Å². The molecule has 1 heterocycles. The SMILES string of the molecule is CC(C)CN1NC(c2ccc(S(C)(=O)=O)cc2)=C(CN)C(C)(C)C1=O. The van der Waals surface area contributed by atoms with Gasteiger partial charge in [0.25, 0.3) is 5.91 Å². The molecule has 1 aromatic carbocycles. The highest BCUT2D eigenvalue weighted by Crippen LogP contribution is 2.37. The summed E-state index contributed by atoms with van der Waals surface area (Å²) in [5, 5.41) is 1.63. The van der Waals surface area contributed by atoms with Crippen LogP contribution >= 0.6 is 0 Å². The van der Waals surface area contributed by atoms with Crippen LogP contribution in [0.25, 0.3) is 5.70 Å². The Kier molecular flexibility index (Phi) is 5.30. The number of carbonyl (C=O) groups excluding carboxylic acids is 1. The number of nitrogens with one attached hydrogen (secondary N) is 1. The van der Waals surface area contributed by atoms with Gasteiger partial charge in [-0.25, -0.2) is 8.42 Å². The van der Waals surface area contributed by atoms with Crippen LogP contribution in [0.1, 0.15) is 33.3 Å². The number of nitrogens with two attached hydrogens (primary N) is 1. The molecule has 0 fully saturated rings. The van der Waals surface area contributed by atoms with Crippen molar-refractivity contribution in [1.29, 1.82) is 0 Å². The molecule has 1 aliphatic heterocycles. The second kappa shape index (κ2) is 6.80. The maximum atomic E-state index is 12.8. The Balaban J connectivity index is 2.53. The van der Waals surface area contributed by atoms with Crippen molar-refractivity contribution < 1.29 is 13.2 Å². The molecule has 6 nitrogen and oxygen atoms in total. The molecule has 0 saturated carbocycles. The average molecular weight is 365 g/mol. The molecule has 3 N–H and O–H groups in total. The Labute approximate surface area is 150 Å². The summed E-state index contributed by atoms with van der Waals surface area (Å²) >= 11 is 0. The molecule has 25 heavy (non-hydrogen) atoms. The fourth-order valence-corrected chi connectivity index (χ4v) is 3.62. The van der Waals surface area contributed by atoms with Crippen LogP contribution in [0.2, 0.25) is 0 Å². The van der Waals surface area contributed by atoms with Gasteiger partial charge < -0.3 is 5.73 Å². The predicted octanol–water partition coefficient (Wildman–Crippen LogP) is 1.79. The number of amides is 1. The number of carbonyl (C=O) groups is 1. The maximum Gasteiger partial charge on any atom is 0.250 e. The highest BCUT2D eigenvalue weighted by Gasteiger charge is 2.41. The normalized spacial score (nSPS) is 17.9. The van der Waals surface area contributed by atoms with E-state index in [1.807, 2.05) is 27.7 Å². The van der Waals surface area contributed by atoms with Gasteiger partial charge in [-0.15, -0.1) is 0 Å². The molecule has 2 rings (SSSR count). The smallest absolute Gasteiger partial charge is 0.250 e. The second-order valence-electron chi connectivity index (χ2n) is 7.40. The first-order chi connectivity index (χ1) is 11.5. The second-order valence-corrected chi connectivity index (χ2v) is 9.42. The number of rotatable bonds is 5. The zero-order valence-electron chi connectivity index (χ0n) is 15.5. The quantitative estimate of drug-likeness (QED) is 0.830. The van der Waals surface area contributed by atoms with Crippen molar-refractivity contribution in [2.24, 2.45) is 17.1 Å². The van der Waals surface area contributed by atoms with Gasteiger partial charge in [0, 0.05) is 19.3 Å². The lowest BCUT2D eigenvalue weighted by Crippen LogP contribution is -2.55. The van der Waals surface area contributed by atoms with Crippen molar-refractivity contribution in [3.63, 3.8) is 0 Å². The lowest BCUT2D eigenvalue weighted by Gasteiger charge is -2.42.